The fourth-order valence-corrected chi connectivity index (χ4v) is 7.15. The van der Waals surface area contributed by atoms with E-state index in [4.69, 9.17) is 4.74 Å². The lowest BCUT2D eigenvalue weighted by Crippen LogP contribution is -2.60. The molecule has 1 fully saturated rings. The molecule has 4 N–H and O–H groups in total. The van der Waals surface area contributed by atoms with Gasteiger partial charge in [-0.05, 0) is 53.1 Å². The van der Waals surface area contributed by atoms with E-state index in [2.05, 4.69) is 26.0 Å². The highest BCUT2D eigenvalue weighted by Crippen LogP contribution is 2.24. The molecule has 59 heavy (non-hydrogen) atoms. The zero-order valence-electron chi connectivity index (χ0n) is 34.9. The Balaban J connectivity index is 1.41. The zero-order valence-corrected chi connectivity index (χ0v) is 34.9. The second-order valence-electron chi connectivity index (χ2n) is 16.1. The number of carbonyl (C=O) groups is 4. The van der Waals surface area contributed by atoms with Crippen LogP contribution in [0.2, 0.25) is 0 Å². The maximum atomic E-state index is 14.5. The monoisotopic (exact) mass is 806 g/mol. The summed E-state index contributed by atoms with van der Waals surface area (Å²) < 4.78 is 4.83. The van der Waals surface area contributed by atoms with E-state index in [0.717, 1.165) is 28.1 Å². The maximum Gasteiger partial charge on any atom is 0.407 e. The van der Waals surface area contributed by atoms with Crippen molar-refractivity contribution in [1.82, 2.24) is 40.8 Å². The van der Waals surface area contributed by atoms with Crippen molar-refractivity contribution in [1.29, 1.82) is 0 Å². The van der Waals surface area contributed by atoms with E-state index in [1.165, 1.54) is 7.11 Å². The number of amides is 5. The lowest BCUT2D eigenvalue weighted by Gasteiger charge is -2.36. The van der Waals surface area contributed by atoms with Crippen molar-refractivity contribution in [2.24, 2.45) is 11.3 Å². The molecule has 2 aromatic heterocycles. The molecule has 5 atom stereocenters. The summed E-state index contributed by atoms with van der Waals surface area (Å²) in [6.45, 7) is 10.6. The Morgan fingerprint density at radius 1 is 0.864 bits per heavy atom. The molecule has 1 saturated heterocycles. The SMILES string of the molecule is CC[C@H](C)[C@@H](C(=O)N[C@@H](Cc1ccccc1)[C@@H](O)CN(Cc1ccc(-c2ccccn2)cc1)NC(=O)[C@@H](NC(=O)OC)C(C)(C)C)N1CCN(Cc2ccccn2)C1=O. The molecule has 14 heteroatoms. The van der Waals surface area contributed by atoms with Gasteiger partial charge in [0.25, 0.3) is 5.91 Å². The number of nitrogens with zero attached hydrogens (tertiary/aromatic N) is 5. The van der Waals surface area contributed by atoms with Gasteiger partial charge in [-0.2, -0.15) is 0 Å². The van der Waals surface area contributed by atoms with E-state index in [-0.39, 0.29) is 37.4 Å². The third-order valence-electron chi connectivity index (χ3n) is 10.6. The van der Waals surface area contributed by atoms with Crippen LogP contribution in [0.25, 0.3) is 11.3 Å². The third kappa shape index (κ3) is 12.3. The van der Waals surface area contributed by atoms with Crippen LogP contribution >= 0.6 is 0 Å². The minimum absolute atomic E-state index is 0.102. The second-order valence-corrected chi connectivity index (χ2v) is 16.1. The van der Waals surface area contributed by atoms with Gasteiger partial charge in [0, 0.05) is 44.1 Å². The number of benzene rings is 2. The summed E-state index contributed by atoms with van der Waals surface area (Å²) in [6.07, 6.45) is 2.37. The molecule has 0 aliphatic carbocycles. The molecule has 14 nitrogen and oxygen atoms in total. The van der Waals surface area contributed by atoms with Crippen molar-refractivity contribution in [2.75, 3.05) is 26.7 Å². The van der Waals surface area contributed by atoms with Crippen LogP contribution in [0.15, 0.2) is 103 Å². The number of hydrogen-bond donors (Lipinski definition) is 4. The Morgan fingerprint density at radius 3 is 2.15 bits per heavy atom. The fraction of sp³-hybridized carbons (Fsp3) is 0.422. The fourth-order valence-electron chi connectivity index (χ4n) is 7.15. The van der Waals surface area contributed by atoms with Gasteiger partial charge in [-0.25, -0.2) is 14.6 Å². The number of aromatic nitrogens is 2. The Labute approximate surface area is 347 Å². The van der Waals surface area contributed by atoms with E-state index in [0.29, 0.717) is 26.1 Å². The Bertz CT molecular complexity index is 1960. The molecule has 0 unspecified atom stereocenters. The maximum absolute atomic E-state index is 14.5. The Hall–Kier alpha value is -5.86. The summed E-state index contributed by atoms with van der Waals surface area (Å²) in [6, 6.07) is 25.7. The molecule has 0 spiro atoms. The summed E-state index contributed by atoms with van der Waals surface area (Å²) in [5.41, 5.74) is 6.44. The number of urea groups is 1. The van der Waals surface area contributed by atoms with Crippen molar-refractivity contribution in [3.05, 3.63) is 120 Å². The minimum atomic E-state index is -1.21. The van der Waals surface area contributed by atoms with Gasteiger partial charge in [-0.3, -0.25) is 25.0 Å². The summed E-state index contributed by atoms with van der Waals surface area (Å²) in [5.74, 6) is -1.07. The number of rotatable bonds is 18. The predicted octanol–water partition coefficient (Wildman–Crippen LogP) is 5.19. The van der Waals surface area contributed by atoms with Crippen molar-refractivity contribution in [2.45, 2.75) is 84.8 Å². The highest BCUT2D eigenvalue weighted by molar-refractivity contribution is 5.88. The molecule has 5 amide bonds. The number of hydrazine groups is 1. The van der Waals surface area contributed by atoms with Crippen molar-refractivity contribution >= 4 is 23.9 Å². The normalized spacial score (nSPS) is 15.6. The molecule has 1 aliphatic rings. The van der Waals surface area contributed by atoms with Crippen LogP contribution in [0.3, 0.4) is 0 Å². The molecule has 3 heterocycles. The lowest BCUT2D eigenvalue weighted by atomic mass is 9.86. The van der Waals surface area contributed by atoms with Gasteiger partial charge < -0.3 is 30.3 Å². The first-order chi connectivity index (χ1) is 28.3. The van der Waals surface area contributed by atoms with Crippen LogP contribution in [-0.4, -0.2) is 105 Å². The molecule has 5 rings (SSSR count). The van der Waals surface area contributed by atoms with Crippen LogP contribution in [0.5, 0.6) is 0 Å². The number of hydrogen-bond acceptors (Lipinski definition) is 9. The van der Waals surface area contributed by atoms with Crippen LogP contribution < -0.4 is 16.1 Å². The average molecular weight is 807 g/mol. The van der Waals surface area contributed by atoms with Gasteiger partial charge in [0.1, 0.15) is 12.1 Å². The van der Waals surface area contributed by atoms with E-state index in [1.54, 1.807) is 27.2 Å². The molecule has 0 radical (unpaired) electrons. The number of carbonyl (C=O) groups excluding carboxylic acids is 4. The largest absolute Gasteiger partial charge is 0.453 e. The van der Waals surface area contributed by atoms with E-state index >= 15 is 0 Å². The van der Waals surface area contributed by atoms with Crippen LogP contribution in [-0.2, 0) is 33.8 Å². The third-order valence-corrected chi connectivity index (χ3v) is 10.6. The Morgan fingerprint density at radius 2 is 1.54 bits per heavy atom. The first kappa shape index (κ1) is 44.2. The van der Waals surface area contributed by atoms with Crippen molar-refractivity contribution in [3.8, 4) is 11.3 Å². The van der Waals surface area contributed by atoms with Crippen LogP contribution in [0.4, 0.5) is 9.59 Å². The molecule has 0 saturated carbocycles. The number of aliphatic hydroxyl groups excluding tert-OH is 1. The van der Waals surface area contributed by atoms with Gasteiger partial charge in [-0.15, -0.1) is 0 Å². The number of alkyl carbamates (subject to hydrolysis) is 1. The van der Waals surface area contributed by atoms with Crippen LogP contribution in [0, 0.1) is 11.3 Å². The highest BCUT2D eigenvalue weighted by Gasteiger charge is 2.41. The first-order valence-corrected chi connectivity index (χ1v) is 20.2. The lowest BCUT2D eigenvalue weighted by molar-refractivity contribution is -0.132. The van der Waals surface area contributed by atoms with Crippen LogP contribution in [0.1, 0.15) is 57.9 Å². The van der Waals surface area contributed by atoms with Gasteiger partial charge >= 0.3 is 12.1 Å². The second kappa shape index (κ2) is 20.7. The highest BCUT2D eigenvalue weighted by atomic mass is 16.5. The molecule has 4 aromatic rings. The Kier molecular flexibility index (Phi) is 15.5. The molecule has 1 aliphatic heterocycles. The summed E-state index contributed by atoms with van der Waals surface area (Å²) in [4.78, 5) is 66.8. The number of nitrogens with one attached hydrogen (secondary N) is 3. The molecular weight excluding hydrogens is 749 g/mol. The average Bonchev–Trinajstić information content (AvgIpc) is 3.58. The van der Waals surface area contributed by atoms with Gasteiger partial charge in [-0.1, -0.05) is 108 Å². The van der Waals surface area contributed by atoms with Crippen molar-refractivity contribution < 1.29 is 29.0 Å². The smallest absolute Gasteiger partial charge is 0.407 e. The first-order valence-electron chi connectivity index (χ1n) is 20.2. The zero-order chi connectivity index (χ0) is 42.5. The van der Waals surface area contributed by atoms with E-state index in [9.17, 15) is 24.3 Å². The van der Waals surface area contributed by atoms with Crippen molar-refractivity contribution in [3.63, 3.8) is 0 Å². The number of aliphatic hydroxyl groups is 1. The number of methoxy groups -OCH3 is 1. The van der Waals surface area contributed by atoms with E-state index < -0.39 is 41.6 Å². The standard InChI is InChI=1S/C45H58N8O6/c1-7-31(2)39(53-26-25-51(44(53)58)29-35-17-11-13-23-46-35)41(55)48-37(27-32-15-9-8-10-16-32)38(54)30-52(50-42(56)40(45(3,4)5)49-43(57)59-6)28-33-19-21-34(22-20-33)36-18-12-14-24-47-36/h8-24,31,37-40,54H,7,25-30H2,1-6H3,(H,48,55)(H,49,57)(H,50,56)/t31-,37-,38-,39-,40+/m0/s1. The van der Waals surface area contributed by atoms with Gasteiger partial charge in [0.15, 0.2) is 0 Å². The molecule has 0 bridgehead atoms. The minimum Gasteiger partial charge on any atom is -0.453 e. The molecular formula is C45H58N8O6. The molecule has 314 valence electrons. The summed E-state index contributed by atoms with van der Waals surface area (Å²) in [5, 5.41) is 19.5. The predicted molar refractivity (Wildman–Crippen MR) is 225 cm³/mol. The quantitative estimate of drug-likeness (QED) is 0.0990. The van der Waals surface area contributed by atoms with E-state index in [1.807, 2.05) is 126 Å². The number of pyridine rings is 2. The number of ether oxygens (including phenoxy) is 1. The summed E-state index contributed by atoms with van der Waals surface area (Å²) >= 11 is 0. The topological polar surface area (TPSA) is 169 Å². The van der Waals surface area contributed by atoms with Gasteiger partial charge in [0.05, 0.1) is 37.2 Å². The summed E-state index contributed by atoms with van der Waals surface area (Å²) in [7, 11) is 1.23. The van der Waals surface area contributed by atoms with Gasteiger partial charge in [0.2, 0.25) is 5.91 Å². The molecule has 2 aromatic carbocycles.